The zero-order chi connectivity index (χ0) is 10.9. The number of nitrogens with one attached hydrogen (secondary N) is 1. The van der Waals surface area contributed by atoms with E-state index in [9.17, 15) is 8.78 Å². The lowest BCUT2D eigenvalue weighted by Gasteiger charge is -2.19. The monoisotopic (exact) mass is 213 g/mol. The Morgan fingerprint density at radius 1 is 1.47 bits per heavy atom. The van der Waals surface area contributed by atoms with E-state index < -0.39 is 11.5 Å². The molecular formula is C11H13F2NO. The Labute approximate surface area is 87.2 Å². The Hall–Kier alpha value is -1.16. The lowest BCUT2D eigenvalue weighted by molar-refractivity contribution is 0.192. The van der Waals surface area contributed by atoms with Crippen LogP contribution in [0.15, 0.2) is 18.2 Å². The van der Waals surface area contributed by atoms with Crippen LogP contribution >= 0.6 is 0 Å². The minimum absolute atomic E-state index is 0.147. The minimum atomic E-state index is -1.44. The number of hydrogen-bond donors (Lipinski definition) is 1. The van der Waals surface area contributed by atoms with E-state index in [-0.39, 0.29) is 12.3 Å². The standard InChI is InChI=1S/C11H13F2NO/c1-15-10-3-2-8(6-9(10)12)11(13)4-5-14-7-11/h2-3,6,14H,4-5,7H2,1H3. The zero-order valence-corrected chi connectivity index (χ0v) is 8.52. The largest absolute Gasteiger partial charge is 0.494 e. The van der Waals surface area contributed by atoms with Crippen LogP contribution in [0.1, 0.15) is 12.0 Å². The van der Waals surface area contributed by atoms with E-state index in [0.717, 1.165) is 0 Å². The summed E-state index contributed by atoms with van der Waals surface area (Å²) in [4.78, 5) is 0. The predicted octanol–water partition coefficient (Wildman–Crippen LogP) is 1.99. The predicted molar refractivity (Wildman–Crippen MR) is 53.2 cm³/mol. The fourth-order valence-electron chi connectivity index (χ4n) is 1.85. The first-order chi connectivity index (χ1) is 7.15. The van der Waals surface area contributed by atoms with Gasteiger partial charge in [-0.3, -0.25) is 0 Å². The summed E-state index contributed by atoms with van der Waals surface area (Å²) in [5.41, 5.74) is -1.06. The van der Waals surface area contributed by atoms with Crippen molar-refractivity contribution in [1.82, 2.24) is 5.32 Å². The fourth-order valence-corrected chi connectivity index (χ4v) is 1.85. The first-order valence-corrected chi connectivity index (χ1v) is 4.89. The van der Waals surface area contributed by atoms with E-state index in [1.54, 1.807) is 6.07 Å². The molecule has 15 heavy (non-hydrogen) atoms. The van der Waals surface area contributed by atoms with Gasteiger partial charge in [0, 0.05) is 6.54 Å². The molecule has 1 unspecified atom stereocenters. The van der Waals surface area contributed by atoms with Gasteiger partial charge in [-0.15, -0.1) is 0 Å². The SMILES string of the molecule is COc1ccc(C2(F)CCNC2)cc1F. The van der Waals surface area contributed by atoms with Gasteiger partial charge in [0.25, 0.3) is 0 Å². The topological polar surface area (TPSA) is 21.3 Å². The van der Waals surface area contributed by atoms with E-state index in [1.165, 1.54) is 19.2 Å². The smallest absolute Gasteiger partial charge is 0.165 e. The maximum absolute atomic E-state index is 14.2. The molecule has 1 saturated heterocycles. The van der Waals surface area contributed by atoms with Crippen LogP contribution in [0.5, 0.6) is 5.75 Å². The van der Waals surface area contributed by atoms with Crippen LogP contribution in [0.4, 0.5) is 8.78 Å². The molecule has 1 aromatic rings. The van der Waals surface area contributed by atoms with Crippen molar-refractivity contribution in [2.75, 3.05) is 20.2 Å². The number of benzene rings is 1. The molecule has 0 aromatic heterocycles. The second kappa shape index (κ2) is 3.77. The van der Waals surface area contributed by atoms with Gasteiger partial charge in [-0.2, -0.15) is 0 Å². The molecular weight excluding hydrogens is 200 g/mol. The molecule has 4 heteroatoms. The summed E-state index contributed by atoms with van der Waals surface area (Å²) in [5.74, 6) is -0.368. The van der Waals surface area contributed by atoms with Crippen LogP contribution < -0.4 is 10.1 Å². The van der Waals surface area contributed by atoms with Crippen LogP contribution in [0.2, 0.25) is 0 Å². The molecule has 1 aliphatic rings. The van der Waals surface area contributed by atoms with Crippen LogP contribution in [0, 0.1) is 5.82 Å². The molecule has 0 bridgehead atoms. The van der Waals surface area contributed by atoms with Crippen LogP contribution in [-0.4, -0.2) is 20.2 Å². The van der Waals surface area contributed by atoms with Crippen molar-refractivity contribution >= 4 is 0 Å². The van der Waals surface area contributed by atoms with E-state index in [2.05, 4.69) is 5.32 Å². The number of alkyl halides is 1. The maximum atomic E-state index is 14.2. The molecule has 2 nitrogen and oxygen atoms in total. The number of ether oxygens (including phenoxy) is 1. The molecule has 1 heterocycles. The summed E-state index contributed by atoms with van der Waals surface area (Å²) < 4.78 is 32.3. The van der Waals surface area contributed by atoms with E-state index >= 15 is 0 Å². The Morgan fingerprint density at radius 3 is 2.80 bits per heavy atom. The zero-order valence-electron chi connectivity index (χ0n) is 8.52. The Morgan fingerprint density at radius 2 is 2.27 bits per heavy atom. The van der Waals surface area contributed by atoms with Gasteiger partial charge < -0.3 is 10.1 Å². The summed E-state index contributed by atoms with van der Waals surface area (Å²) in [6.07, 6.45) is 0.388. The van der Waals surface area contributed by atoms with Crippen LogP contribution in [0.3, 0.4) is 0 Å². The van der Waals surface area contributed by atoms with Crippen LogP contribution in [0.25, 0.3) is 0 Å². The van der Waals surface area contributed by atoms with E-state index in [0.29, 0.717) is 18.5 Å². The van der Waals surface area contributed by atoms with E-state index in [1.807, 2.05) is 0 Å². The van der Waals surface area contributed by atoms with Crippen LogP contribution in [-0.2, 0) is 5.67 Å². The van der Waals surface area contributed by atoms with Crippen molar-refractivity contribution in [3.05, 3.63) is 29.6 Å². The number of methoxy groups -OCH3 is 1. The molecule has 0 radical (unpaired) electrons. The normalized spacial score (nSPS) is 25.5. The number of hydrogen-bond acceptors (Lipinski definition) is 2. The first-order valence-electron chi connectivity index (χ1n) is 4.89. The van der Waals surface area contributed by atoms with E-state index in [4.69, 9.17) is 4.74 Å². The maximum Gasteiger partial charge on any atom is 0.165 e. The van der Waals surface area contributed by atoms with Crippen molar-refractivity contribution < 1.29 is 13.5 Å². The average Bonchev–Trinajstić information content (AvgIpc) is 2.66. The lowest BCUT2D eigenvalue weighted by Crippen LogP contribution is -2.23. The molecule has 2 rings (SSSR count). The third kappa shape index (κ3) is 1.81. The molecule has 1 N–H and O–H groups in total. The minimum Gasteiger partial charge on any atom is -0.494 e. The number of halogens is 2. The van der Waals surface area contributed by atoms with Gasteiger partial charge in [0.2, 0.25) is 0 Å². The average molecular weight is 213 g/mol. The van der Waals surface area contributed by atoms with Crippen molar-refractivity contribution in [3.8, 4) is 5.75 Å². The molecule has 0 aliphatic carbocycles. The summed E-state index contributed by atoms with van der Waals surface area (Å²) in [7, 11) is 1.39. The highest BCUT2D eigenvalue weighted by Gasteiger charge is 2.35. The van der Waals surface area contributed by atoms with Crippen molar-refractivity contribution in [1.29, 1.82) is 0 Å². The second-order valence-electron chi connectivity index (χ2n) is 3.74. The molecule has 1 atom stereocenters. The van der Waals surface area contributed by atoms with Crippen molar-refractivity contribution in [2.24, 2.45) is 0 Å². The molecule has 1 fully saturated rings. The molecule has 0 amide bonds. The van der Waals surface area contributed by atoms with Crippen molar-refractivity contribution in [3.63, 3.8) is 0 Å². The highest BCUT2D eigenvalue weighted by molar-refractivity contribution is 5.33. The Bertz CT molecular complexity index is 362. The Kier molecular flexibility index (Phi) is 2.61. The summed E-state index contributed by atoms with van der Waals surface area (Å²) in [6.45, 7) is 0.878. The van der Waals surface area contributed by atoms with Gasteiger partial charge in [-0.05, 0) is 30.7 Å². The quantitative estimate of drug-likeness (QED) is 0.811. The third-order valence-corrected chi connectivity index (χ3v) is 2.77. The number of rotatable bonds is 2. The third-order valence-electron chi connectivity index (χ3n) is 2.77. The second-order valence-corrected chi connectivity index (χ2v) is 3.74. The highest BCUT2D eigenvalue weighted by Crippen LogP contribution is 2.34. The Balaban J connectivity index is 2.33. The molecule has 82 valence electrons. The molecule has 0 spiro atoms. The van der Waals surface area contributed by atoms with Gasteiger partial charge in [-0.25, -0.2) is 8.78 Å². The highest BCUT2D eigenvalue weighted by atomic mass is 19.1. The van der Waals surface area contributed by atoms with Gasteiger partial charge in [0.05, 0.1) is 7.11 Å². The van der Waals surface area contributed by atoms with Gasteiger partial charge in [0.1, 0.15) is 5.67 Å². The van der Waals surface area contributed by atoms with Gasteiger partial charge in [0.15, 0.2) is 11.6 Å². The summed E-state index contributed by atoms with van der Waals surface area (Å²) >= 11 is 0. The lowest BCUT2D eigenvalue weighted by atomic mass is 9.95. The van der Waals surface area contributed by atoms with Gasteiger partial charge >= 0.3 is 0 Å². The summed E-state index contributed by atoms with van der Waals surface area (Å²) in [6, 6.07) is 4.26. The fraction of sp³-hybridized carbons (Fsp3) is 0.455. The van der Waals surface area contributed by atoms with Gasteiger partial charge in [-0.1, -0.05) is 6.07 Å². The van der Waals surface area contributed by atoms with Crippen molar-refractivity contribution in [2.45, 2.75) is 12.1 Å². The molecule has 0 saturated carbocycles. The molecule has 1 aliphatic heterocycles. The molecule has 1 aromatic carbocycles. The summed E-state index contributed by atoms with van der Waals surface area (Å²) in [5, 5.41) is 2.93. The first kappa shape index (κ1) is 10.4.